The summed E-state index contributed by atoms with van der Waals surface area (Å²) in [6.07, 6.45) is 0. The van der Waals surface area contributed by atoms with E-state index >= 15 is 0 Å². The maximum atomic E-state index is 2.33. The standard InChI is InChI=1S/C14H14.2CH4/c1-9-10(2)13-8-4-6-11-5-3-7-12(9)14(11)13;;/h3-10H,1-2H3;2*1H4. The molecule has 0 saturated carbocycles. The van der Waals surface area contributed by atoms with Crippen LogP contribution in [0.25, 0.3) is 10.8 Å². The summed E-state index contributed by atoms with van der Waals surface area (Å²) >= 11 is 0. The fourth-order valence-electron chi connectivity index (χ4n) is 2.70. The molecule has 0 radical (unpaired) electrons. The molecule has 0 amide bonds. The van der Waals surface area contributed by atoms with E-state index in [-0.39, 0.29) is 14.9 Å². The van der Waals surface area contributed by atoms with Crippen LogP contribution in [-0.2, 0) is 0 Å². The molecule has 0 nitrogen and oxygen atoms in total. The van der Waals surface area contributed by atoms with Gasteiger partial charge in [0.15, 0.2) is 0 Å². The summed E-state index contributed by atoms with van der Waals surface area (Å²) in [5.74, 6) is 1.35. The van der Waals surface area contributed by atoms with Crippen molar-refractivity contribution in [1.82, 2.24) is 0 Å². The molecule has 0 spiro atoms. The first-order valence-corrected chi connectivity index (χ1v) is 5.30. The van der Waals surface area contributed by atoms with Crippen molar-refractivity contribution in [2.24, 2.45) is 0 Å². The zero-order valence-electron chi connectivity index (χ0n) is 8.62. The Morgan fingerprint density at radius 1 is 0.750 bits per heavy atom. The number of rotatable bonds is 0. The Labute approximate surface area is 99.3 Å². The largest absolute Gasteiger partial charge is 0.0776 e. The Hall–Kier alpha value is -1.30. The van der Waals surface area contributed by atoms with Crippen molar-refractivity contribution in [2.75, 3.05) is 0 Å². The fourth-order valence-corrected chi connectivity index (χ4v) is 2.70. The molecular weight excluding hydrogens is 192 g/mol. The molecule has 86 valence electrons. The van der Waals surface area contributed by atoms with Crippen LogP contribution in [0.4, 0.5) is 0 Å². The summed E-state index contributed by atoms with van der Waals surface area (Å²) in [5, 5.41) is 2.91. The Morgan fingerprint density at radius 3 is 1.62 bits per heavy atom. The van der Waals surface area contributed by atoms with Crippen molar-refractivity contribution < 1.29 is 0 Å². The summed E-state index contributed by atoms with van der Waals surface area (Å²) in [6.45, 7) is 4.67. The van der Waals surface area contributed by atoms with Gasteiger partial charge in [-0.3, -0.25) is 0 Å². The summed E-state index contributed by atoms with van der Waals surface area (Å²) < 4.78 is 0. The molecule has 0 aliphatic heterocycles. The highest BCUT2D eigenvalue weighted by Gasteiger charge is 2.27. The van der Waals surface area contributed by atoms with Gasteiger partial charge in [0.2, 0.25) is 0 Å². The van der Waals surface area contributed by atoms with E-state index in [4.69, 9.17) is 0 Å². The van der Waals surface area contributed by atoms with Crippen LogP contribution in [0.5, 0.6) is 0 Å². The van der Waals surface area contributed by atoms with E-state index in [1.54, 1.807) is 0 Å². The molecular formula is C16H22. The lowest BCUT2D eigenvalue weighted by atomic mass is 9.94. The minimum atomic E-state index is 0. The van der Waals surface area contributed by atoms with Gasteiger partial charge in [0.25, 0.3) is 0 Å². The molecule has 0 fully saturated rings. The van der Waals surface area contributed by atoms with Crippen LogP contribution in [0.1, 0.15) is 51.7 Å². The zero-order chi connectivity index (χ0) is 9.71. The minimum absolute atomic E-state index is 0. The van der Waals surface area contributed by atoms with Crippen LogP contribution in [0.3, 0.4) is 0 Å². The van der Waals surface area contributed by atoms with Gasteiger partial charge in [-0.15, -0.1) is 0 Å². The van der Waals surface area contributed by atoms with Crippen LogP contribution in [0.2, 0.25) is 0 Å². The first-order chi connectivity index (χ1) is 6.79. The molecule has 0 N–H and O–H groups in total. The second-order valence-corrected chi connectivity index (χ2v) is 4.37. The van der Waals surface area contributed by atoms with Gasteiger partial charge in [-0.2, -0.15) is 0 Å². The smallest absolute Gasteiger partial charge is 0.0114 e. The van der Waals surface area contributed by atoms with Crippen molar-refractivity contribution in [1.29, 1.82) is 0 Å². The maximum Gasteiger partial charge on any atom is -0.0114 e. The normalized spacial score (nSPS) is 21.4. The average molecular weight is 214 g/mol. The molecule has 3 rings (SSSR count). The van der Waals surface area contributed by atoms with Crippen molar-refractivity contribution in [3.63, 3.8) is 0 Å². The molecule has 0 aromatic heterocycles. The predicted molar refractivity (Wildman–Crippen MR) is 74.2 cm³/mol. The highest BCUT2D eigenvalue weighted by atomic mass is 14.3. The van der Waals surface area contributed by atoms with Gasteiger partial charge in [0.1, 0.15) is 0 Å². The van der Waals surface area contributed by atoms with Crippen LogP contribution in [0, 0.1) is 0 Å². The van der Waals surface area contributed by atoms with Gasteiger partial charge < -0.3 is 0 Å². The molecule has 1 aliphatic rings. The molecule has 2 aromatic rings. The first-order valence-electron chi connectivity index (χ1n) is 5.30. The second-order valence-electron chi connectivity index (χ2n) is 4.37. The van der Waals surface area contributed by atoms with Crippen LogP contribution in [-0.4, -0.2) is 0 Å². The highest BCUT2D eigenvalue weighted by Crippen LogP contribution is 2.45. The third-order valence-corrected chi connectivity index (χ3v) is 3.70. The van der Waals surface area contributed by atoms with E-state index in [1.165, 1.54) is 21.9 Å². The topological polar surface area (TPSA) is 0 Å². The molecule has 16 heavy (non-hydrogen) atoms. The minimum Gasteiger partial charge on any atom is -0.0776 e. The SMILES string of the molecule is C.C.CC1c2cccc3cccc(c23)C1C. The Bertz CT molecular complexity index is 454. The maximum absolute atomic E-state index is 2.33. The summed E-state index contributed by atoms with van der Waals surface area (Å²) in [5.41, 5.74) is 3.07. The van der Waals surface area contributed by atoms with Crippen LogP contribution in [0.15, 0.2) is 36.4 Å². The third kappa shape index (κ3) is 1.44. The Kier molecular flexibility index (Phi) is 3.42. The average Bonchev–Trinajstić information content (AvgIpc) is 2.47. The van der Waals surface area contributed by atoms with E-state index in [1.807, 2.05) is 0 Å². The highest BCUT2D eigenvalue weighted by molar-refractivity contribution is 5.92. The second kappa shape index (κ2) is 4.29. The monoisotopic (exact) mass is 214 g/mol. The van der Waals surface area contributed by atoms with E-state index in [0.29, 0.717) is 11.8 Å². The summed E-state index contributed by atoms with van der Waals surface area (Å²) in [6, 6.07) is 13.3. The van der Waals surface area contributed by atoms with Crippen LogP contribution < -0.4 is 0 Å². The molecule has 0 bridgehead atoms. The lowest BCUT2D eigenvalue weighted by Crippen LogP contribution is -1.95. The molecule has 2 atom stereocenters. The van der Waals surface area contributed by atoms with Gasteiger partial charge in [-0.05, 0) is 33.7 Å². The van der Waals surface area contributed by atoms with Gasteiger partial charge in [0, 0.05) is 0 Å². The van der Waals surface area contributed by atoms with Crippen LogP contribution >= 0.6 is 0 Å². The third-order valence-electron chi connectivity index (χ3n) is 3.70. The lowest BCUT2D eigenvalue weighted by molar-refractivity contribution is 0.655. The first kappa shape index (κ1) is 12.8. The van der Waals surface area contributed by atoms with E-state index in [2.05, 4.69) is 50.2 Å². The zero-order valence-corrected chi connectivity index (χ0v) is 8.62. The molecule has 2 aromatic carbocycles. The molecule has 0 saturated heterocycles. The Morgan fingerprint density at radius 2 is 1.19 bits per heavy atom. The van der Waals surface area contributed by atoms with Crippen molar-refractivity contribution in [3.05, 3.63) is 47.5 Å². The molecule has 1 aliphatic carbocycles. The van der Waals surface area contributed by atoms with E-state index in [0.717, 1.165) is 0 Å². The summed E-state index contributed by atoms with van der Waals surface area (Å²) in [7, 11) is 0. The molecule has 0 heteroatoms. The number of hydrogen-bond donors (Lipinski definition) is 0. The van der Waals surface area contributed by atoms with Gasteiger partial charge in [0.05, 0.1) is 0 Å². The summed E-state index contributed by atoms with van der Waals surface area (Å²) in [4.78, 5) is 0. The van der Waals surface area contributed by atoms with Gasteiger partial charge in [-0.1, -0.05) is 65.1 Å². The lowest BCUT2D eigenvalue weighted by Gasteiger charge is -2.10. The van der Waals surface area contributed by atoms with E-state index < -0.39 is 0 Å². The van der Waals surface area contributed by atoms with Gasteiger partial charge >= 0.3 is 0 Å². The molecule has 2 unspecified atom stereocenters. The van der Waals surface area contributed by atoms with Crippen molar-refractivity contribution >= 4 is 10.8 Å². The van der Waals surface area contributed by atoms with E-state index in [9.17, 15) is 0 Å². The molecule has 0 heterocycles. The predicted octanol–water partition coefficient (Wildman–Crippen LogP) is 5.33. The number of benzene rings is 2. The van der Waals surface area contributed by atoms with Gasteiger partial charge in [-0.25, -0.2) is 0 Å². The van der Waals surface area contributed by atoms with Crippen molar-refractivity contribution in [3.8, 4) is 0 Å². The fraction of sp³-hybridized carbons (Fsp3) is 0.375. The number of hydrogen-bond acceptors (Lipinski definition) is 0. The Balaban J connectivity index is 0.000000640. The quantitative estimate of drug-likeness (QED) is 0.556. The van der Waals surface area contributed by atoms with Crippen molar-refractivity contribution in [2.45, 2.75) is 40.5 Å².